The molecule has 0 radical (unpaired) electrons. The number of ether oxygens (including phenoxy) is 1. The van der Waals surface area contributed by atoms with Gasteiger partial charge in [-0.15, -0.1) is 0 Å². The van der Waals surface area contributed by atoms with Crippen LogP contribution in [0.2, 0.25) is 0 Å². The molecule has 1 aromatic heterocycles. The fraction of sp³-hybridized carbons (Fsp3) is 0.391. The van der Waals surface area contributed by atoms with E-state index < -0.39 is 11.9 Å². The summed E-state index contributed by atoms with van der Waals surface area (Å²) < 4.78 is 8.21. The lowest BCUT2D eigenvalue weighted by Crippen LogP contribution is -2.13. The molecule has 1 aliphatic rings. The zero-order valence-electron chi connectivity index (χ0n) is 16.4. The molecule has 5 nitrogen and oxygen atoms in total. The van der Waals surface area contributed by atoms with Crippen molar-refractivity contribution >= 4 is 16.9 Å². The van der Waals surface area contributed by atoms with Crippen molar-refractivity contribution in [3.05, 3.63) is 48.2 Å². The SMILES string of the molecule is CC(Cc1ccc(OC2CCCC2)c(-c2ccc3c(cnn3C)c2)c1)C(=O)O. The lowest BCUT2D eigenvalue weighted by molar-refractivity contribution is -0.141. The fourth-order valence-corrected chi connectivity index (χ4v) is 3.99. The average Bonchev–Trinajstić information content (AvgIpc) is 3.32. The first kappa shape index (κ1) is 18.5. The van der Waals surface area contributed by atoms with E-state index in [0.717, 1.165) is 46.2 Å². The quantitative estimate of drug-likeness (QED) is 0.667. The lowest BCUT2D eigenvalue weighted by atomic mass is 9.96. The maximum atomic E-state index is 11.3. The number of carbonyl (C=O) groups is 1. The Kier molecular flexibility index (Phi) is 5.07. The van der Waals surface area contributed by atoms with Gasteiger partial charge in [-0.1, -0.05) is 19.1 Å². The van der Waals surface area contributed by atoms with Gasteiger partial charge in [-0.2, -0.15) is 5.10 Å². The molecular weight excluding hydrogens is 352 g/mol. The third-order valence-corrected chi connectivity index (χ3v) is 5.66. The van der Waals surface area contributed by atoms with Crippen molar-refractivity contribution in [2.75, 3.05) is 0 Å². The van der Waals surface area contributed by atoms with Crippen LogP contribution in [0.5, 0.6) is 5.75 Å². The molecule has 0 spiro atoms. The smallest absolute Gasteiger partial charge is 0.306 e. The van der Waals surface area contributed by atoms with Crippen molar-refractivity contribution in [1.82, 2.24) is 9.78 Å². The summed E-state index contributed by atoms with van der Waals surface area (Å²) in [5.41, 5.74) is 4.18. The summed E-state index contributed by atoms with van der Waals surface area (Å²) in [6, 6.07) is 12.4. The Labute approximate surface area is 164 Å². The van der Waals surface area contributed by atoms with Crippen LogP contribution in [-0.2, 0) is 18.3 Å². The van der Waals surface area contributed by atoms with E-state index in [1.54, 1.807) is 6.92 Å². The molecular formula is C23H26N2O3. The zero-order chi connectivity index (χ0) is 19.7. The molecule has 1 fully saturated rings. The minimum Gasteiger partial charge on any atom is -0.490 e. The molecule has 2 aromatic carbocycles. The molecule has 0 bridgehead atoms. The summed E-state index contributed by atoms with van der Waals surface area (Å²) in [5.74, 6) is -0.318. The van der Waals surface area contributed by atoms with E-state index in [4.69, 9.17) is 4.74 Å². The number of hydrogen-bond acceptors (Lipinski definition) is 3. The van der Waals surface area contributed by atoms with Crippen molar-refractivity contribution in [2.45, 2.75) is 45.1 Å². The van der Waals surface area contributed by atoms with E-state index in [9.17, 15) is 9.90 Å². The Bertz CT molecular complexity index is 1000. The minimum atomic E-state index is -0.774. The molecule has 146 valence electrons. The van der Waals surface area contributed by atoms with Gasteiger partial charge in [-0.25, -0.2) is 0 Å². The predicted octanol–water partition coefficient (Wildman–Crippen LogP) is 4.82. The second kappa shape index (κ2) is 7.66. The highest BCUT2D eigenvalue weighted by Gasteiger charge is 2.20. The van der Waals surface area contributed by atoms with Crippen LogP contribution in [0, 0.1) is 5.92 Å². The maximum absolute atomic E-state index is 11.3. The van der Waals surface area contributed by atoms with E-state index in [1.165, 1.54) is 12.8 Å². The molecule has 3 aromatic rings. The summed E-state index contributed by atoms with van der Waals surface area (Å²) in [6.07, 6.45) is 7.27. The van der Waals surface area contributed by atoms with Crippen LogP contribution in [0.1, 0.15) is 38.2 Å². The first-order valence-corrected chi connectivity index (χ1v) is 9.96. The van der Waals surface area contributed by atoms with Crippen molar-refractivity contribution in [3.63, 3.8) is 0 Å². The molecule has 0 aliphatic heterocycles. The molecule has 1 aliphatic carbocycles. The van der Waals surface area contributed by atoms with Crippen LogP contribution in [0.25, 0.3) is 22.0 Å². The number of carboxylic acids is 1. The van der Waals surface area contributed by atoms with Crippen LogP contribution in [0.15, 0.2) is 42.6 Å². The number of hydrogen-bond donors (Lipinski definition) is 1. The topological polar surface area (TPSA) is 64.4 Å². The first-order valence-electron chi connectivity index (χ1n) is 9.96. The van der Waals surface area contributed by atoms with Gasteiger partial charge in [0.2, 0.25) is 0 Å². The number of aliphatic carboxylic acids is 1. The minimum absolute atomic E-state index is 0.268. The Morgan fingerprint density at radius 1 is 1.25 bits per heavy atom. The van der Waals surface area contributed by atoms with Crippen LogP contribution < -0.4 is 4.74 Å². The number of aryl methyl sites for hydroxylation is 1. The van der Waals surface area contributed by atoms with E-state index >= 15 is 0 Å². The standard InChI is InChI=1S/C23H26N2O3/c1-15(23(26)27)11-16-7-10-22(28-19-5-3-4-6-19)20(12-16)17-8-9-21-18(13-17)14-24-25(21)2/h7-10,12-15,19H,3-6,11H2,1-2H3,(H,26,27). The lowest BCUT2D eigenvalue weighted by Gasteiger charge is -2.18. The third-order valence-electron chi connectivity index (χ3n) is 5.66. The molecule has 5 heteroatoms. The number of carboxylic acid groups (broad SMARTS) is 1. The van der Waals surface area contributed by atoms with E-state index in [2.05, 4.69) is 29.4 Å². The number of nitrogens with zero attached hydrogens (tertiary/aromatic N) is 2. The number of fused-ring (bicyclic) bond motifs is 1. The molecule has 1 saturated carbocycles. The van der Waals surface area contributed by atoms with Crippen molar-refractivity contribution in [2.24, 2.45) is 13.0 Å². The highest BCUT2D eigenvalue weighted by molar-refractivity contribution is 5.86. The average molecular weight is 378 g/mol. The van der Waals surface area contributed by atoms with Gasteiger partial charge in [0.1, 0.15) is 5.75 Å². The van der Waals surface area contributed by atoms with Crippen molar-refractivity contribution < 1.29 is 14.6 Å². The zero-order valence-corrected chi connectivity index (χ0v) is 16.4. The number of aromatic nitrogens is 2. The second-order valence-corrected chi connectivity index (χ2v) is 7.84. The molecule has 1 unspecified atom stereocenters. The Hall–Kier alpha value is -2.82. The highest BCUT2D eigenvalue weighted by atomic mass is 16.5. The summed E-state index contributed by atoms with van der Waals surface area (Å²) in [4.78, 5) is 11.3. The van der Waals surface area contributed by atoms with Crippen LogP contribution in [-0.4, -0.2) is 27.0 Å². The van der Waals surface area contributed by atoms with Crippen LogP contribution in [0.4, 0.5) is 0 Å². The fourth-order valence-electron chi connectivity index (χ4n) is 3.99. The third kappa shape index (κ3) is 3.75. The summed E-state index contributed by atoms with van der Waals surface area (Å²) in [6.45, 7) is 1.74. The molecule has 1 N–H and O–H groups in total. The monoisotopic (exact) mass is 378 g/mol. The van der Waals surface area contributed by atoms with Gasteiger partial charge in [0.25, 0.3) is 0 Å². The van der Waals surface area contributed by atoms with E-state index in [0.29, 0.717) is 6.42 Å². The van der Waals surface area contributed by atoms with Crippen LogP contribution >= 0.6 is 0 Å². The largest absolute Gasteiger partial charge is 0.490 e. The highest BCUT2D eigenvalue weighted by Crippen LogP contribution is 2.36. The summed E-state index contributed by atoms with van der Waals surface area (Å²) >= 11 is 0. The normalized spacial score (nSPS) is 15.8. The maximum Gasteiger partial charge on any atom is 0.306 e. The van der Waals surface area contributed by atoms with Crippen molar-refractivity contribution in [1.29, 1.82) is 0 Å². The Morgan fingerprint density at radius 2 is 2.04 bits per heavy atom. The summed E-state index contributed by atoms with van der Waals surface area (Å²) in [7, 11) is 1.94. The van der Waals surface area contributed by atoms with Crippen LogP contribution in [0.3, 0.4) is 0 Å². The molecule has 1 heterocycles. The first-order chi connectivity index (χ1) is 13.5. The van der Waals surface area contributed by atoms with Gasteiger partial charge in [0.15, 0.2) is 0 Å². The molecule has 0 amide bonds. The van der Waals surface area contributed by atoms with E-state index in [1.807, 2.05) is 30.1 Å². The van der Waals surface area contributed by atoms with Gasteiger partial charge in [-0.3, -0.25) is 9.48 Å². The second-order valence-electron chi connectivity index (χ2n) is 7.84. The van der Waals surface area contributed by atoms with Gasteiger partial charge in [-0.05, 0) is 67.5 Å². The Morgan fingerprint density at radius 3 is 2.79 bits per heavy atom. The van der Waals surface area contributed by atoms with Gasteiger partial charge < -0.3 is 9.84 Å². The van der Waals surface area contributed by atoms with E-state index in [-0.39, 0.29) is 6.10 Å². The van der Waals surface area contributed by atoms with Gasteiger partial charge in [0.05, 0.1) is 23.7 Å². The number of rotatable bonds is 6. The van der Waals surface area contributed by atoms with Gasteiger partial charge >= 0.3 is 5.97 Å². The van der Waals surface area contributed by atoms with Gasteiger partial charge in [0, 0.05) is 18.0 Å². The molecule has 1 atom stereocenters. The predicted molar refractivity (Wildman–Crippen MR) is 110 cm³/mol. The molecule has 28 heavy (non-hydrogen) atoms. The Balaban J connectivity index is 1.73. The molecule has 4 rings (SSSR count). The summed E-state index contributed by atoms with van der Waals surface area (Å²) in [5, 5.41) is 14.7. The molecule has 0 saturated heterocycles. The van der Waals surface area contributed by atoms with Crippen molar-refractivity contribution in [3.8, 4) is 16.9 Å². The number of benzene rings is 2.